The van der Waals surface area contributed by atoms with Crippen LogP contribution in [0.25, 0.3) is 21.8 Å². The summed E-state index contributed by atoms with van der Waals surface area (Å²) in [6.45, 7) is 0.425. The number of rotatable bonds is 9. The molecule has 3 aromatic heterocycles. The highest BCUT2D eigenvalue weighted by Crippen LogP contribution is 2.34. The molecule has 2 saturated heterocycles. The third-order valence-electron chi connectivity index (χ3n) is 9.94. The van der Waals surface area contributed by atoms with Crippen molar-refractivity contribution >= 4 is 74.3 Å². The van der Waals surface area contributed by atoms with Crippen molar-refractivity contribution in [1.29, 1.82) is 0 Å². The molecule has 0 radical (unpaired) electrons. The van der Waals surface area contributed by atoms with Crippen molar-refractivity contribution < 1.29 is 23.5 Å². The first-order valence-corrected chi connectivity index (χ1v) is 17.5. The molecule has 7 rings (SSSR count). The average molecular weight is 745 g/mol. The van der Waals surface area contributed by atoms with E-state index in [9.17, 15) is 19.2 Å². The van der Waals surface area contributed by atoms with Crippen LogP contribution in [0.2, 0.25) is 5.02 Å². The van der Waals surface area contributed by atoms with Gasteiger partial charge in [0.1, 0.15) is 11.2 Å². The standard InChI is InChI=1S/C36H38ClFN10O5/c1-39-31(50)18-53-29-14-19-13-20(5-9-26(19)45(2)35(29)52)41-33-24(37)16-40-36(43-33)46(3)27-11-12-48(17-25(27)38)21-6-7-22-28(15-21)47(4)44-32(22)23-8-10-30(49)42-34(23)51/h5-7,9,13-16,23,25,27H,8,10-12,17-18H2,1-4H3,(H,39,50)(H,40,41,43)(H,42,49,51)/t23?,25-,27+/m0/s1. The second kappa shape index (κ2) is 14.3. The van der Waals surface area contributed by atoms with Crippen LogP contribution in [0.4, 0.5) is 27.5 Å². The topological polar surface area (TPSA) is 169 Å². The number of pyridine rings is 1. The van der Waals surface area contributed by atoms with E-state index >= 15 is 4.39 Å². The number of imide groups is 1. The van der Waals surface area contributed by atoms with Crippen LogP contribution in [-0.4, -0.2) is 88.0 Å². The normalized spacial score (nSPS) is 19.0. The summed E-state index contributed by atoms with van der Waals surface area (Å²) in [5.41, 5.74) is 3.19. The van der Waals surface area contributed by atoms with Crippen LogP contribution in [0.15, 0.2) is 53.5 Å². The Morgan fingerprint density at radius 3 is 2.68 bits per heavy atom. The lowest BCUT2D eigenvalue weighted by Gasteiger charge is -2.40. The van der Waals surface area contributed by atoms with Gasteiger partial charge in [-0.05, 0) is 55.3 Å². The van der Waals surface area contributed by atoms with E-state index in [2.05, 4.69) is 31.0 Å². The molecule has 17 heteroatoms. The predicted molar refractivity (Wildman–Crippen MR) is 199 cm³/mol. The third-order valence-corrected chi connectivity index (χ3v) is 10.2. The van der Waals surface area contributed by atoms with E-state index < -0.39 is 18.1 Å². The number of halogens is 2. The number of nitrogens with zero attached hydrogens (tertiary/aromatic N) is 7. The molecule has 53 heavy (non-hydrogen) atoms. The average Bonchev–Trinajstić information content (AvgIpc) is 3.47. The van der Waals surface area contributed by atoms with Crippen LogP contribution >= 0.6 is 11.6 Å². The number of carbonyl (C=O) groups excluding carboxylic acids is 3. The number of benzene rings is 2. The van der Waals surface area contributed by atoms with Gasteiger partial charge in [0.15, 0.2) is 18.2 Å². The molecule has 0 bridgehead atoms. The molecule has 3 N–H and O–H groups in total. The van der Waals surface area contributed by atoms with Crippen molar-refractivity contribution in [3.63, 3.8) is 0 Å². The first-order valence-electron chi connectivity index (χ1n) is 17.1. The Labute approximate surface area is 308 Å². The Morgan fingerprint density at radius 2 is 1.92 bits per heavy atom. The number of anilines is 4. The van der Waals surface area contributed by atoms with E-state index in [1.807, 2.05) is 30.1 Å². The Hall–Kier alpha value is -5.77. The molecule has 3 amide bonds. The molecule has 3 atom stereocenters. The van der Waals surface area contributed by atoms with E-state index in [1.54, 1.807) is 47.9 Å². The van der Waals surface area contributed by atoms with Crippen molar-refractivity contribution in [3.8, 4) is 5.75 Å². The first kappa shape index (κ1) is 35.6. The number of hydrogen-bond donors (Lipinski definition) is 3. The van der Waals surface area contributed by atoms with Crippen LogP contribution in [0, 0.1) is 0 Å². The van der Waals surface area contributed by atoms with E-state index in [-0.39, 0.29) is 53.6 Å². The molecular weight excluding hydrogens is 707 g/mol. The molecule has 276 valence electrons. The van der Waals surface area contributed by atoms with Gasteiger partial charge in [-0.3, -0.25) is 29.2 Å². The lowest BCUT2D eigenvalue weighted by atomic mass is 9.92. The quantitative estimate of drug-likeness (QED) is 0.190. The Balaban J connectivity index is 1.05. The number of piperidine rings is 2. The summed E-state index contributed by atoms with van der Waals surface area (Å²) in [5.74, 6) is -0.836. The van der Waals surface area contributed by atoms with Gasteiger partial charge < -0.3 is 29.7 Å². The van der Waals surface area contributed by atoms with Gasteiger partial charge >= 0.3 is 0 Å². The zero-order chi connectivity index (χ0) is 37.6. The van der Waals surface area contributed by atoms with E-state index in [0.29, 0.717) is 53.4 Å². The van der Waals surface area contributed by atoms with Crippen LogP contribution in [0.1, 0.15) is 30.9 Å². The summed E-state index contributed by atoms with van der Waals surface area (Å²) in [4.78, 5) is 61.5. The van der Waals surface area contributed by atoms with Gasteiger partial charge in [-0.25, -0.2) is 9.37 Å². The summed E-state index contributed by atoms with van der Waals surface area (Å²) in [6.07, 6.45) is 1.39. The van der Waals surface area contributed by atoms with Crippen molar-refractivity contribution in [1.82, 2.24) is 34.9 Å². The number of amides is 3. The van der Waals surface area contributed by atoms with Crippen LogP contribution in [-0.2, 0) is 28.5 Å². The highest BCUT2D eigenvalue weighted by molar-refractivity contribution is 6.33. The fraction of sp³-hybridized carbons (Fsp3) is 0.361. The molecule has 2 aromatic carbocycles. The van der Waals surface area contributed by atoms with E-state index in [4.69, 9.17) is 16.3 Å². The van der Waals surface area contributed by atoms with Gasteiger partial charge in [0, 0.05) is 63.3 Å². The highest BCUT2D eigenvalue weighted by atomic mass is 35.5. The van der Waals surface area contributed by atoms with E-state index in [1.165, 1.54) is 17.8 Å². The number of ether oxygens (including phenoxy) is 1. The fourth-order valence-corrected chi connectivity index (χ4v) is 7.13. The summed E-state index contributed by atoms with van der Waals surface area (Å²) < 4.78 is 24.6. The maximum atomic E-state index is 16.0. The van der Waals surface area contributed by atoms with E-state index in [0.717, 1.165) is 16.6 Å². The van der Waals surface area contributed by atoms with Crippen molar-refractivity contribution in [3.05, 3.63) is 69.7 Å². The van der Waals surface area contributed by atoms with Crippen LogP contribution < -0.4 is 36.0 Å². The molecule has 5 aromatic rings. The second-order valence-electron chi connectivity index (χ2n) is 13.2. The largest absolute Gasteiger partial charge is 0.478 e. The number of aryl methyl sites for hydroxylation is 2. The first-order chi connectivity index (χ1) is 25.4. The molecule has 5 heterocycles. The molecule has 2 aliphatic rings. The number of nitrogens with one attached hydrogen (secondary N) is 3. The molecule has 0 aliphatic carbocycles. The minimum Gasteiger partial charge on any atom is -0.478 e. The lowest BCUT2D eigenvalue weighted by molar-refractivity contribution is -0.134. The minimum absolute atomic E-state index is 0.0352. The molecule has 2 aliphatic heterocycles. The number of fused-ring (bicyclic) bond motifs is 2. The maximum absolute atomic E-state index is 16.0. The summed E-state index contributed by atoms with van der Waals surface area (Å²) in [5, 5.41) is 14.5. The van der Waals surface area contributed by atoms with Crippen LogP contribution in [0.5, 0.6) is 5.75 Å². The van der Waals surface area contributed by atoms with Crippen molar-refractivity contribution in [2.45, 2.75) is 37.4 Å². The van der Waals surface area contributed by atoms with Gasteiger partial charge in [-0.2, -0.15) is 10.1 Å². The summed E-state index contributed by atoms with van der Waals surface area (Å²) in [6, 6.07) is 12.2. The predicted octanol–water partition coefficient (Wildman–Crippen LogP) is 3.31. The Bertz CT molecular complexity index is 2330. The van der Waals surface area contributed by atoms with Gasteiger partial charge in [0.25, 0.3) is 11.5 Å². The zero-order valence-corrected chi connectivity index (χ0v) is 30.3. The van der Waals surface area contributed by atoms with Crippen LogP contribution in [0.3, 0.4) is 0 Å². The van der Waals surface area contributed by atoms with Crippen molar-refractivity contribution in [2.75, 3.05) is 48.9 Å². The van der Waals surface area contributed by atoms with Gasteiger partial charge in [-0.15, -0.1) is 0 Å². The number of carbonyl (C=O) groups is 3. The molecule has 15 nitrogen and oxygen atoms in total. The number of aromatic nitrogens is 5. The van der Waals surface area contributed by atoms with Crippen molar-refractivity contribution in [2.24, 2.45) is 14.1 Å². The smallest absolute Gasteiger partial charge is 0.293 e. The molecule has 0 spiro atoms. The molecule has 1 unspecified atom stereocenters. The highest BCUT2D eigenvalue weighted by Gasteiger charge is 2.35. The number of likely N-dealkylation sites (N-methyl/N-ethyl adjacent to an activating group) is 1. The SMILES string of the molecule is CNC(=O)COc1cc2cc(Nc3nc(N(C)[C@@H]4CCN(c5ccc6c(C7CCC(=O)NC7=O)nn(C)c6c5)C[C@@H]4F)ncc3Cl)ccc2n(C)c1=O. The molecular formula is C36H38ClFN10O5. The zero-order valence-electron chi connectivity index (χ0n) is 29.5. The third kappa shape index (κ3) is 6.93. The Kier molecular flexibility index (Phi) is 9.63. The summed E-state index contributed by atoms with van der Waals surface area (Å²) >= 11 is 6.51. The minimum atomic E-state index is -1.24. The fourth-order valence-electron chi connectivity index (χ4n) is 7.00. The molecule has 0 saturated carbocycles. The second-order valence-corrected chi connectivity index (χ2v) is 13.6. The Morgan fingerprint density at radius 1 is 1.11 bits per heavy atom. The monoisotopic (exact) mass is 744 g/mol. The lowest BCUT2D eigenvalue weighted by Crippen LogP contribution is -2.52. The summed E-state index contributed by atoms with van der Waals surface area (Å²) in [7, 11) is 6.67. The van der Waals surface area contributed by atoms with Gasteiger partial charge in [0.05, 0.1) is 41.4 Å². The maximum Gasteiger partial charge on any atom is 0.293 e. The van der Waals surface area contributed by atoms with Gasteiger partial charge in [0.2, 0.25) is 17.8 Å². The molecule has 2 fully saturated rings. The number of hydrogen-bond acceptors (Lipinski definition) is 11. The number of alkyl halides is 1. The van der Waals surface area contributed by atoms with Gasteiger partial charge in [-0.1, -0.05) is 11.6 Å².